The Bertz CT molecular complexity index is 1630. The zero-order valence-corrected chi connectivity index (χ0v) is 23.7. The molecule has 40 heavy (non-hydrogen) atoms. The van der Waals surface area contributed by atoms with E-state index < -0.39 is 0 Å². The van der Waals surface area contributed by atoms with E-state index in [4.69, 9.17) is 21.1 Å². The van der Waals surface area contributed by atoms with Gasteiger partial charge in [0.1, 0.15) is 28.7 Å². The van der Waals surface area contributed by atoms with Crippen LogP contribution >= 0.6 is 23.5 Å². The van der Waals surface area contributed by atoms with Crippen LogP contribution in [-0.2, 0) is 6.42 Å². The number of hydrogen-bond acceptors (Lipinski definition) is 5. The van der Waals surface area contributed by atoms with Gasteiger partial charge < -0.3 is 19.6 Å². The first kappa shape index (κ1) is 27.5. The predicted octanol–water partition coefficient (Wildman–Crippen LogP) is 8.38. The Hall–Kier alpha value is -4.07. The van der Waals surface area contributed by atoms with Gasteiger partial charge in [0.05, 0.1) is 6.61 Å². The number of halogens is 1. The van der Waals surface area contributed by atoms with Gasteiger partial charge in [-0.2, -0.15) is 0 Å². The van der Waals surface area contributed by atoms with Gasteiger partial charge in [0.2, 0.25) is 0 Å². The number of carbonyl (C=O) groups excluding carboxylic acids is 1. The Morgan fingerprint density at radius 2 is 1.68 bits per heavy atom. The minimum absolute atomic E-state index is 0.176. The van der Waals surface area contributed by atoms with Crippen LogP contribution in [-0.4, -0.2) is 22.6 Å². The molecule has 0 radical (unpaired) electrons. The molecule has 0 unspecified atom stereocenters. The van der Waals surface area contributed by atoms with E-state index in [1.807, 2.05) is 74.5 Å². The molecule has 0 aliphatic heterocycles. The highest BCUT2D eigenvalue weighted by atomic mass is 35.5. The van der Waals surface area contributed by atoms with E-state index in [0.717, 1.165) is 49.7 Å². The van der Waals surface area contributed by atoms with E-state index in [0.29, 0.717) is 30.2 Å². The Labute approximate surface area is 242 Å². The van der Waals surface area contributed by atoms with Crippen molar-refractivity contribution in [3.63, 3.8) is 0 Å². The molecule has 0 aliphatic rings. The molecule has 8 heteroatoms. The number of H-pyrrole nitrogens is 1. The molecule has 0 saturated carbocycles. The summed E-state index contributed by atoms with van der Waals surface area (Å²) >= 11 is 7.50. The number of fused-ring (bicyclic) bond motifs is 1. The van der Waals surface area contributed by atoms with Gasteiger partial charge in [-0.1, -0.05) is 35.9 Å². The van der Waals surface area contributed by atoms with Crippen molar-refractivity contribution in [2.45, 2.75) is 31.6 Å². The van der Waals surface area contributed by atoms with Gasteiger partial charge in [-0.15, -0.1) is 0 Å². The van der Waals surface area contributed by atoms with Gasteiger partial charge >= 0.3 is 0 Å². The summed E-state index contributed by atoms with van der Waals surface area (Å²) in [6.07, 6.45) is 1.42. The van der Waals surface area contributed by atoms with Crippen LogP contribution in [0.5, 0.6) is 23.0 Å². The summed E-state index contributed by atoms with van der Waals surface area (Å²) in [7, 11) is 0. The maximum absolute atomic E-state index is 13.3. The summed E-state index contributed by atoms with van der Waals surface area (Å²) < 4.78 is 14.8. The van der Waals surface area contributed by atoms with Crippen LogP contribution in [0.4, 0.5) is 0 Å². The second kappa shape index (κ2) is 12.4. The number of aromatic amines is 1. The van der Waals surface area contributed by atoms with Crippen LogP contribution < -0.4 is 14.2 Å². The fourth-order valence-corrected chi connectivity index (χ4v) is 5.23. The van der Waals surface area contributed by atoms with E-state index in [1.165, 1.54) is 11.9 Å². The van der Waals surface area contributed by atoms with Crippen LogP contribution in [0.3, 0.4) is 0 Å². The Balaban J connectivity index is 1.24. The average Bonchev–Trinajstić information content (AvgIpc) is 3.33. The first-order valence-corrected chi connectivity index (χ1v) is 14.1. The average molecular weight is 573 g/mol. The number of benzene rings is 4. The number of nitrogens with one attached hydrogen (secondary N) is 2. The summed E-state index contributed by atoms with van der Waals surface area (Å²) in [6, 6.07) is 25.8. The van der Waals surface area contributed by atoms with Crippen molar-refractivity contribution < 1.29 is 19.4 Å². The molecule has 204 valence electrons. The number of rotatable bonds is 10. The number of phenolic OH excluding ortho intramolecular Hbond substituents is 1. The molecule has 5 aromatic rings. The van der Waals surface area contributed by atoms with Crippen molar-refractivity contribution in [2.24, 2.45) is 0 Å². The Kier molecular flexibility index (Phi) is 8.53. The maximum atomic E-state index is 13.3. The zero-order valence-electron chi connectivity index (χ0n) is 22.2. The highest BCUT2D eigenvalue weighted by molar-refractivity contribution is 7.98. The Morgan fingerprint density at radius 1 is 0.925 bits per heavy atom. The van der Waals surface area contributed by atoms with Gasteiger partial charge in [-0.05, 0) is 116 Å². The Morgan fingerprint density at radius 3 is 2.45 bits per heavy atom. The fourth-order valence-electron chi connectivity index (χ4n) is 4.49. The van der Waals surface area contributed by atoms with Crippen molar-refractivity contribution in [3.8, 4) is 23.0 Å². The van der Waals surface area contributed by atoms with Gasteiger partial charge in [-0.25, -0.2) is 0 Å². The molecule has 0 aliphatic carbocycles. The molecule has 3 N–H and O–H groups in total. The minimum atomic E-state index is -0.203. The molecule has 0 atom stereocenters. The van der Waals surface area contributed by atoms with Gasteiger partial charge in [0.25, 0.3) is 5.91 Å². The molecule has 0 bridgehead atoms. The van der Waals surface area contributed by atoms with Crippen LogP contribution in [0.1, 0.15) is 33.6 Å². The van der Waals surface area contributed by atoms with Crippen LogP contribution in [0.2, 0.25) is 5.02 Å². The maximum Gasteiger partial charge on any atom is 0.278 e. The molecule has 0 fully saturated rings. The molecule has 1 heterocycles. The largest absolute Gasteiger partial charge is 0.508 e. The standard InChI is InChI=1S/C32H29ClN2O4S/c1-20-17-25(18-21(2)30(20)33)38-16-6-10-28-27-9-3-4-11-29(27)34-31(28)32(37)35-40-26-8-5-7-24(19-26)39-23-14-12-22(36)13-15-23/h3-5,7-9,11-15,17-19,34,36H,6,10,16H2,1-2H3,(H,35,37). The fraction of sp³-hybridized carbons (Fsp3) is 0.156. The molecule has 0 spiro atoms. The third-order valence-corrected chi connectivity index (χ3v) is 7.80. The lowest BCUT2D eigenvalue weighted by atomic mass is 10.1. The molecule has 1 aromatic heterocycles. The monoisotopic (exact) mass is 572 g/mol. The van der Waals surface area contributed by atoms with E-state index in [2.05, 4.69) is 9.71 Å². The molecule has 6 nitrogen and oxygen atoms in total. The number of hydrogen-bond donors (Lipinski definition) is 3. The number of amides is 1. The summed E-state index contributed by atoms with van der Waals surface area (Å²) in [5, 5.41) is 11.3. The topological polar surface area (TPSA) is 83.6 Å². The number of aromatic nitrogens is 1. The molecular formula is C32H29ClN2O4S. The minimum Gasteiger partial charge on any atom is -0.508 e. The molecule has 0 saturated heterocycles. The van der Waals surface area contributed by atoms with Crippen LogP contribution in [0.25, 0.3) is 10.9 Å². The number of aromatic hydroxyl groups is 1. The van der Waals surface area contributed by atoms with Crippen molar-refractivity contribution in [2.75, 3.05) is 6.61 Å². The lowest BCUT2D eigenvalue weighted by molar-refractivity contribution is 0.0979. The number of aryl methyl sites for hydroxylation is 3. The van der Waals surface area contributed by atoms with E-state index >= 15 is 0 Å². The number of para-hydroxylation sites is 1. The van der Waals surface area contributed by atoms with E-state index in [9.17, 15) is 9.90 Å². The SMILES string of the molecule is Cc1cc(OCCCc2c(C(=O)NSc3cccc(Oc4ccc(O)cc4)c3)[nH]c3ccccc23)cc(C)c1Cl. The van der Waals surface area contributed by atoms with Crippen molar-refractivity contribution in [1.29, 1.82) is 0 Å². The smallest absolute Gasteiger partial charge is 0.278 e. The van der Waals surface area contributed by atoms with Crippen LogP contribution in [0.15, 0.2) is 89.8 Å². The zero-order chi connectivity index (χ0) is 28.1. The lowest BCUT2D eigenvalue weighted by Crippen LogP contribution is -2.18. The second-order valence-electron chi connectivity index (χ2n) is 9.45. The predicted molar refractivity (Wildman–Crippen MR) is 161 cm³/mol. The molecule has 1 amide bonds. The quantitative estimate of drug-likeness (QED) is 0.116. The van der Waals surface area contributed by atoms with E-state index in [1.54, 1.807) is 24.3 Å². The first-order valence-electron chi connectivity index (χ1n) is 12.9. The van der Waals surface area contributed by atoms with Gasteiger partial charge in [0.15, 0.2) is 0 Å². The number of phenols is 1. The molecular weight excluding hydrogens is 544 g/mol. The second-order valence-corrected chi connectivity index (χ2v) is 10.7. The van der Waals surface area contributed by atoms with Crippen molar-refractivity contribution in [1.82, 2.24) is 9.71 Å². The normalized spacial score (nSPS) is 11.0. The summed E-state index contributed by atoms with van der Waals surface area (Å²) in [4.78, 5) is 17.4. The highest BCUT2D eigenvalue weighted by Gasteiger charge is 2.18. The summed E-state index contributed by atoms with van der Waals surface area (Å²) in [5.41, 5.74) is 4.40. The van der Waals surface area contributed by atoms with Crippen molar-refractivity contribution in [3.05, 3.63) is 112 Å². The van der Waals surface area contributed by atoms with Crippen LogP contribution in [0, 0.1) is 13.8 Å². The number of carbonyl (C=O) groups is 1. The lowest BCUT2D eigenvalue weighted by Gasteiger charge is -2.11. The highest BCUT2D eigenvalue weighted by Crippen LogP contribution is 2.29. The van der Waals surface area contributed by atoms with Gasteiger partial charge in [0, 0.05) is 20.8 Å². The third-order valence-electron chi connectivity index (χ3n) is 6.43. The molecule has 5 rings (SSSR count). The number of ether oxygens (including phenoxy) is 2. The molecule has 4 aromatic carbocycles. The third kappa shape index (κ3) is 6.55. The summed E-state index contributed by atoms with van der Waals surface area (Å²) in [6.45, 7) is 4.45. The first-order chi connectivity index (χ1) is 19.4. The van der Waals surface area contributed by atoms with Gasteiger partial charge in [-0.3, -0.25) is 9.52 Å². The summed E-state index contributed by atoms with van der Waals surface area (Å²) in [5.74, 6) is 2.00. The van der Waals surface area contributed by atoms with E-state index in [-0.39, 0.29) is 11.7 Å². The van der Waals surface area contributed by atoms with Crippen molar-refractivity contribution >= 4 is 40.4 Å².